The van der Waals surface area contributed by atoms with Gasteiger partial charge in [-0.15, -0.1) is 0 Å². The lowest BCUT2D eigenvalue weighted by Crippen LogP contribution is -2.32. The molecule has 0 spiro atoms. The molecule has 1 heterocycles. The Labute approximate surface area is 224 Å². The van der Waals surface area contributed by atoms with Crippen molar-refractivity contribution in [1.82, 2.24) is 14.9 Å². The van der Waals surface area contributed by atoms with Crippen LogP contribution in [0.5, 0.6) is 0 Å². The summed E-state index contributed by atoms with van der Waals surface area (Å²) >= 11 is 13.9. The lowest BCUT2D eigenvalue weighted by atomic mass is 10.1. The first-order chi connectivity index (χ1) is 17.4. The molecule has 4 aromatic rings. The Morgan fingerprint density at radius 3 is 2.58 bits per heavy atom. The van der Waals surface area contributed by atoms with E-state index in [0.717, 1.165) is 12.8 Å². The first-order valence-electron chi connectivity index (χ1n) is 11.9. The molecule has 4 rings (SSSR count). The number of nitrogens with one attached hydrogen (secondary N) is 1. The second-order valence-electron chi connectivity index (χ2n) is 8.59. The molecule has 186 valence electrons. The number of aromatic nitrogens is 2. The van der Waals surface area contributed by atoms with E-state index < -0.39 is 0 Å². The fourth-order valence-corrected chi connectivity index (χ4v) is 5.36. The largest absolute Gasteiger partial charge is 0.354 e. The highest BCUT2D eigenvalue weighted by Gasteiger charge is 2.16. The molecule has 0 bridgehead atoms. The van der Waals surface area contributed by atoms with Crippen molar-refractivity contribution in [3.63, 3.8) is 0 Å². The van der Waals surface area contributed by atoms with Gasteiger partial charge in [-0.05, 0) is 62.1 Å². The minimum atomic E-state index is -0.197. The summed E-state index contributed by atoms with van der Waals surface area (Å²) in [7, 11) is 0. The summed E-state index contributed by atoms with van der Waals surface area (Å²) in [6.45, 7) is 2.03. The Morgan fingerprint density at radius 1 is 1.06 bits per heavy atom. The molecule has 1 N–H and O–H groups in total. The van der Waals surface area contributed by atoms with Crippen molar-refractivity contribution in [3.8, 4) is 5.69 Å². The van der Waals surface area contributed by atoms with Gasteiger partial charge in [0.25, 0.3) is 5.56 Å². The SMILES string of the molecule is CC(CCc1ccccc1)NC(=O)CCCSc1nc2ccccc2c(=O)n1-c1ccc(Cl)cc1Cl. The zero-order valence-electron chi connectivity index (χ0n) is 19.9. The van der Waals surface area contributed by atoms with E-state index in [1.807, 2.05) is 43.3 Å². The van der Waals surface area contributed by atoms with Crippen molar-refractivity contribution >= 4 is 51.8 Å². The fraction of sp³-hybridized carbons (Fsp3) is 0.250. The van der Waals surface area contributed by atoms with E-state index in [-0.39, 0.29) is 17.5 Å². The van der Waals surface area contributed by atoms with E-state index in [1.165, 1.54) is 21.9 Å². The Morgan fingerprint density at radius 2 is 1.81 bits per heavy atom. The number of halogens is 2. The lowest BCUT2D eigenvalue weighted by molar-refractivity contribution is -0.121. The molecule has 36 heavy (non-hydrogen) atoms. The van der Waals surface area contributed by atoms with Crippen molar-refractivity contribution in [2.75, 3.05) is 5.75 Å². The molecule has 0 aliphatic rings. The molecular weight excluding hydrogens is 513 g/mol. The molecule has 1 aromatic heterocycles. The van der Waals surface area contributed by atoms with Crippen LogP contribution in [-0.4, -0.2) is 27.3 Å². The van der Waals surface area contributed by atoms with Gasteiger partial charge in [0.2, 0.25) is 5.91 Å². The third kappa shape index (κ3) is 6.69. The highest BCUT2D eigenvalue weighted by molar-refractivity contribution is 7.99. The maximum atomic E-state index is 13.4. The van der Waals surface area contributed by atoms with Gasteiger partial charge >= 0.3 is 0 Å². The van der Waals surface area contributed by atoms with E-state index in [2.05, 4.69) is 17.4 Å². The number of hydrogen-bond donors (Lipinski definition) is 1. The number of thioether (sulfide) groups is 1. The maximum absolute atomic E-state index is 13.4. The van der Waals surface area contributed by atoms with Gasteiger partial charge in [0.05, 0.1) is 21.6 Å². The number of para-hydroxylation sites is 1. The third-order valence-corrected chi connectivity index (χ3v) is 7.35. The predicted molar refractivity (Wildman–Crippen MR) is 150 cm³/mol. The number of carbonyl (C=O) groups is 1. The molecule has 5 nitrogen and oxygen atoms in total. The summed E-state index contributed by atoms with van der Waals surface area (Å²) in [6.07, 6.45) is 2.87. The number of amides is 1. The molecule has 0 aliphatic heterocycles. The van der Waals surface area contributed by atoms with Crippen LogP contribution in [0.4, 0.5) is 0 Å². The minimum absolute atomic E-state index is 0.0285. The standard InChI is InChI=1S/C28H27Cl2N3O2S/c1-19(13-14-20-8-3-2-4-9-20)31-26(34)12-7-17-36-28-32-24-11-6-5-10-22(24)27(35)33(28)25-16-15-21(29)18-23(25)30/h2-6,8-11,15-16,18-19H,7,12-14,17H2,1H3,(H,31,34). The van der Waals surface area contributed by atoms with Crippen LogP contribution in [0.1, 0.15) is 31.7 Å². The molecule has 0 saturated heterocycles. The molecule has 0 fully saturated rings. The Balaban J connectivity index is 1.39. The van der Waals surface area contributed by atoms with E-state index in [4.69, 9.17) is 28.2 Å². The van der Waals surface area contributed by atoms with Gasteiger partial charge in [0.1, 0.15) is 0 Å². The van der Waals surface area contributed by atoms with Crippen molar-refractivity contribution in [2.45, 2.75) is 43.8 Å². The molecule has 3 aromatic carbocycles. The number of nitrogens with zero attached hydrogens (tertiary/aromatic N) is 2. The van der Waals surface area contributed by atoms with Gasteiger partial charge in [-0.2, -0.15) is 0 Å². The monoisotopic (exact) mass is 539 g/mol. The maximum Gasteiger partial charge on any atom is 0.266 e. The highest BCUT2D eigenvalue weighted by atomic mass is 35.5. The zero-order chi connectivity index (χ0) is 25.5. The highest BCUT2D eigenvalue weighted by Crippen LogP contribution is 2.28. The summed E-state index contributed by atoms with van der Waals surface area (Å²) < 4.78 is 1.53. The van der Waals surface area contributed by atoms with E-state index in [1.54, 1.807) is 24.3 Å². The van der Waals surface area contributed by atoms with Crippen molar-refractivity contribution < 1.29 is 4.79 Å². The number of fused-ring (bicyclic) bond motifs is 1. The van der Waals surface area contributed by atoms with Crippen LogP contribution in [0, 0.1) is 0 Å². The average molecular weight is 541 g/mol. The molecule has 0 aliphatic carbocycles. The van der Waals surface area contributed by atoms with Gasteiger partial charge in [-0.1, -0.05) is 77.4 Å². The molecule has 1 unspecified atom stereocenters. The summed E-state index contributed by atoms with van der Waals surface area (Å²) in [5, 5.41) is 4.98. The van der Waals surface area contributed by atoms with Gasteiger partial charge in [-0.3, -0.25) is 14.2 Å². The predicted octanol–water partition coefficient (Wildman–Crippen LogP) is 6.70. The van der Waals surface area contributed by atoms with Crippen molar-refractivity contribution in [3.05, 3.63) is 98.8 Å². The summed E-state index contributed by atoms with van der Waals surface area (Å²) in [5.41, 5.74) is 2.22. The lowest BCUT2D eigenvalue weighted by Gasteiger charge is -2.15. The number of hydrogen-bond acceptors (Lipinski definition) is 4. The fourth-order valence-electron chi connectivity index (χ4n) is 3.93. The molecule has 0 radical (unpaired) electrons. The first-order valence-corrected chi connectivity index (χ1v) is 13.6. The Hall–Kier alpha value is -2.80. The van der Waals surface area contributed by atoms with Gasteiger partial charge in [0, 0.05) is 23.2 Å². The number of rotatable bonds is 10. The number of carbonyl (C=O) groups excluding carboxylic acids is 1. The molecule has 1 amide bonds. The van der Waals surface area contributed by atoms with Crippen LogP contribution in [0.2, 0.25) is 10.0 Å². The van der Waals surface area contributed by atoms with Crippen molar-refractivity contribution in [1.29, 1.82) is 0 Å². The number of benzene rings is 3. The van der Waals surface area contributed by atoms with Gasteiger partial charge in [-0.25, -0.2) is 4.98 Å². The quantitative estimate of drug-likeness (QED) is 0.138. The van der Waals surface area contributed by atoms with Crippen LogP contribution in [-0.2, 0) is 11.2 Å². The molecular formula is C28H27Cl2N3O2S. The van der Waals surface area contributed by atoms with E-state index in [9.17, 15) is 9.59 Å². The Kier molecular flexibility index (Phi) is 9.08. The van der Waals surface area contributed by atoms with Crippen molar-refractivity contribution in [2.24, 2.45) is 0 Å². The Bertz CT molecular complexity index is 1410. The van der Waals surface area contributed by atoms with Crippen LogP contribution in [0.15, 0.2) is 82.7 Å². The number of aryl methyl sites for hydroxylation is 1. The molecule has 1 atom stereocenters. The van der Waals surface area contributed by atoms with Crippen LogP contribution in [0.3, 0.4) is 0 Å². The minimum Gasteiger partial charge on any atom is -0.354 e. The molecule has 0 saturated carbocycles. The first kappa shape index (κ1) is 26.3. The van der Waals surface area contributed by atoms with Crippen LogP contribution >= 0.6 is 35.0 Å². The smallest absolute Gasteiger partial charge is 0.266 e. The third-order valence-electron chi connectivity index (χ3n) is 5.79. The van der Waals surface area contributed by atoms with E-state index >= 15 is 0 Å². The summed E-state index contributed by atoms with van der Waals surface area (Å²) in [6, 6.07) is 22.6. The second-order valence-corrected chi connectivity index (χ2v) is 10.5. The van der Waals surface area contributed by atoms with Gasteiger partial charge in [0.15, 0.2) is 5.16 Å². The van der Waals surface area contributed by atoms with Crippen LogP contribution in [0.25, 0.3) is 16.6 Å². The summed E-state index contributed by atoms with van der Waals surface area (Å²) in [5.74, 6) is 0.655. The zero-order valence-corrected chi connectivity index (χ0v) is 22.2. The summed E-state index contributed by atoms with van der Waals surface area (Å²) in [4.78, 5) is 30.5. The average Bonchev–Trinajstić information content (AvgIpc) is 2.87. The topological polar surface area (TPSA) is 64.0 Å². The normalized spacial score (nSPS) is 12.0. The van der Waals surface area contributed by atoms with Crippen LogP contribution < -0.4 is 10.9 Å². The second kappa shape index (κ2) is 12.4. The van der Waals surface area contributed by atoms with E-state index in [0.29, 0.717) is 50.4 Å². The van der Waals surface area contributed by atoms with Gasteiger partial charge < -0.3 is 5.32 Å². The molecule has 8 heteroatoms.